The van der Waals surface area contributed by atoms with Gasteiger partial charge in [0.05, 0.1) is 16.5 Å². The van der Waals surface area contributed by atoms with E-state index >= 15 is 0 Å². The zero-order valence-electron chi connectivity index (χ0n) is 18.5. The third-order valence-corrected chi connectivity index (χ3v) is 7.59. The van der Waals surface area contributed by atoms with E-state index in [-0.39, 0.29) is 5.43 Å². The zero-order valence-corrected chi connectivity index (χ0v) is 18.5. The molecule has 2 unspecified atom stereocenters. The normalized spacial score (nSPS) is 24.0. The summed E-state index contributed by atoms with van der Waals surface area (Å²) in [6, 6.07) is 14.2. The van der Waals surface area contributed by atoms with Crippen molar-refractivity contribution < 1.29 is 9.15 Å². The largest absolute Gasteiger partial charge is 0.478 e. The van der Waals surface area contributed by atoms with Crippen LogP contribution in [0.15, 0.2) is 57.9 Å². The molecule has 4 heterocycles. The van der Waals surface area contributed by atoms with E-state index in [0.717, 1.165) is 36.0 Å². The molecule has 5 heteroatoms. The highest BCUT2D eigenvalue weighted by molar-refractivity contribution is 5.85. The maximum atomic E-state index is 13.3. The first kappa shape index (κ1) is 20.0. The molecule has 3 aliphatic rings. The monoisotopic (exact) mass is 430 g/mol. The van der Waals surface area contributed by atoms with Gasteiger partial charge < -0.3 is 14.1 Å². The minimum absolute atomic E-state index is 0.0162. The van der Waals surface area contributed by atoms with Crippen LogP contribution in [0.2, 0.25) is 0 Å². The third kappa shape index (κ3) is 3.54. The molecule has 0 N–H and O–H groups in total. The van der Waals surface area contributed by atoms with Gasteiger partial charge in [0.15, 0.2) is 0 Å². The van der Waals surface area contributed by atoms with Crippen LogP contribution in [-0.4, -0.2) is 42.2 Å². The van der Waals surface area contributed by atoms with Crippen LogP contribution in [0.5, 0.6) is 5.75 Å². The van der Waals surface area contributed by atoms with Crippen LogP contribution in [0.1, 0.15) is 37.7 Å². The molecule has 0 radical (unpaired) electrons. The molecule has 2 atom stereocenters. The number of nitrogens with zero attached hydrogens (tertiary/aromatic N) is 2. The SMILES string of the molecule is O=c1c(-c2ccccc2)coc2c3c(ccc12)OCN(CC1CCCN2CCCCC12)C3. The predicted octanol–water partition coefficient (Wildman–Crippen LogP) is 4.88. The molecule has 6 rings (SSSR count). The second kappa shape index (κ2) is 8.38. The molecule has 2 fully saturated rings. The quantitative estimate of drug-likeness (QED) is 0.593. The fourth-order valence-electron chi connectivity index (χ4n) is 6.01. The van der Waals surface area contributed by atoms with Gasteiger partial charge in [0.2, 0.25) is 5.43 Å². The third-order valence-electron chi connectivity index (χ3n) is 7.59. The number of benzene rings is 2. The second-order valence-corrected chi connectivity index (χ2v) is 9.55. The molecule has 0 saturated carbocycles. The fourth-order valence-corrected chi connectivity index (χ4v) is 6.01. The lowest BCUT2D eigenvalue weighted by molar-refractivity contribution is 0.0146. The summed E-state index contributed by atoms with van der Waals surface area (Å²) < 4.78 is 12.2. The minimum Gasteiger partial charge on any atom is -0.478 e. The molecule has 166 valence electrons. The fraction of sp³-hybridized carbons (Fsp3) is 0.444. The van der Waals surface area contributed by atoms with Gasteiger partial charge in [-0.1, -0.05) is 36.8 Å². The van der Waals surface area contributed by atoms with Gasteiger partial charge in [-0.25, -0.2) is 0 Å². The lowest BCUT2D eigenvalue weighted by Crippen LogP contribution is -2.51. The zero-order chi connectivity index (χ0) is 21.5. The topological polar surface area (TPSA) is 45.9 Å². The van der Waals surface area contributed by atoms with Gasteiger partial charge in [-0.2, -0.15) is 0 Å². The maximum Gasteiger partial charge on any atom is 0.200 e. The Hall–Kier alpha value is -2.63. The van der Waals surface area contributed by atoms with Crippen molar-refractivity contribution in [1.29, 1.82) is 0 Å². The average Bonchev–Trinajstić information content (AvgIpc) is 2.85. The molecular weight excluding hydrogens is 400 g/mol. The maximum absolute atomic E-state index is 13.3. The van der Waals surface area contributed by atoms with E-state index in [4.69, 9.17) is 9.15 Å². The molecule has 2 saturated heterocycles. The van der Waals surface area contributed by atoms with Crippen molar-refractivity contribution in [3.05, 3.63) is 64.5 Å². The summed E-state index contributed by atoms with van der Waals surface area (Å²) in [4.78, 5) is 18.4. The van der Waals surface area contributed by atoms with Gasteiger partial charge in [0, 0.05) is 19.1 Å². The van der Waals surface area contributed by atoms with Crippen LogP contribution in [0.4, 0.5) is 0 Å². The van der Waals surface area contributed by atoms with Crippen molar-refractivity contribution in [2.75, 3.05) is 26.4 Å². The van der Waals surface area contributed by atoms with Crippen molar-refractivity contribution in [2.24, 2.45) is 5.92 Å². The highest BCUT2D eigenvalue weighted by Crippen LogP contribution is 2.35. The molecule has 0 amide bonds. The number of hydrogen-bond acceptors (Lipinski definition) is 5. The molecule has 32 heavy (non-hydrogen) atoms. The number of hydrogen-bond donors (Lipinski definition) is 0. The summed E-state index contributed by atoms with van der Waals surface area (Å²) in [5.74, 6) is 1.54. The Kier molecular flexibility index (Phi) is 5.24. The molecule has 5 nitrogen and oxygen atoms in total. The second-order valence-electron chi connectivity index (χ2n) is 9.55. The molecule has 3 aromatic rings. The van der Waals surface area contributed by atoms with Crippen LogP contribution in [0.3, 0.4) is 0 Å². The molecule has 0 spiro atoms. The van der Waals surface area contributed by atoms with E-state index in [9.17, 15) is 4.79 Å². The minimum atomic E-state index is 0.0162. The molecule has 1 aromatic heterocycles. The van der Waals surface area contributed by atoms with E-state index in [1.165, 1.54) is 45.2 Å². The van der Waals surface area contributed by atoms with Crippen molar-refractivity contribution in [1.82, 2.24) is 9.80 Å². The van der Waals surface area contributed by atoms with E-state index in [1.807, 2.05) is 42.5 Å². The van der Waals surface area contributed by atoms with Crippen molar-refractivity contribution in [2.45, 2.75) is 44.7 Å². The highest BCUT2D eigenvalue weighted by atomic mass is 16.5. The van der Waals surface area contributed by atoms with E-state index in [1.54, 1.807) is 6.26 Å². The Morgan fingerprint density at radius 3 is 2.75 bits per heavy atom. The summed E-state index contributed by atoms with van der Waals surface area (Å²) in [7, 11) is 0. The first-order valence-corrected chi connectivity index (χ1v) is 12.0. The highest BCUT2D eigenvalue weighted by Gasteiger charge is 2.35. The Labute approximate surface area is 188 Å². The Bertz CT molecular complexity index is 1170. The van der Waals surface area contributed by atoms with Gasteiger partial charge in [0.25, 0.3) is 0 Å². The molecule has 3 aliphatic heterocycles. The number of rotatable bonds is 3. The summed E-state index contributed by atoms with van der Waals surface area (Å²) >= 11 is 0. The van der Waals surface area contributed by atoms with Gasteiger partial charge in [-0.3, -0.25) is 9.69 Å². The Morgan fingerprint density at radius 2 is 1.84 bits per heavy atom. The van der Waals surface area contributed by atoms with Crippen molar-refractivity contribution >= 4 is 11.0 Å². The molecule has 0 bridgehead atoms. The molecule has 2 aromatic carbocycles. The van der Waals surface area contributed by atoms with Gasteiger partial charge >= 0.3 is 0 Å². The molecule has 0 aliphatic carbocycles. The Balaban J connectivity index is 1.29. The number of ether oxygens (including phenoxy) is 1. The molecular formula is C27H30N2O3. The lowest BCUT2D eigenvalue weighted by Gasteiger charge is -2.46. The van der Waals surface area contributed by atoms with Gasteiger partial charge in [-0.15, -0.1) is 0 Å². The predicted molar refractivity (Wildman–Crippen MR) is 126 cm³/mol. The lowest BCUT2D eigenvalue weighted by atomic mass is 9.83. The van der Waals surface area contributed by atoms with Crippen molar-refractivity contribution in [3.63, 3.8) is 0 Å². The smallest absolute Gasteiger partial charge is 0.200 e. The Morgan fingerprint density at radius 1 is 0.969 bits per heavy atom. The van der Waals surface area contributed by atoms with Crippen LogP contribution in [0, 0.1) is 5.92 Å². The standard InChI is InChI=1S/C27H30N2O3/c30-26-21-11-12-25-22(27(21)31-17-23(26)19-7-2-1-3-8-19)16-28(18-32-25)15-20-9-6-14-29-13-5-4-10-24(20)29/h1-3,7-8,11-12,17,20,24H,4-6,9-10,13-16,18H2. The summed E-state index contributed by atoms with van der Waals surface area (Å²) in [6.45, 7) is 4.95. The van der Waals surface area contributed by atoms with E-state index < -0.39 is 0 Å². The van der Waals surface area contributed by atoms with Gasteiger partial charge in [-0.05, 0) is 62.4 Å². The number of fused-ring (bicyclic) bond motifs is 4. The average molecular weight is 431 g/mol. The summed E-state index contributed by atoms with van der Waals surface area (Å²) in [6.07, 6.45) is 8.24. The number of piperidine rings is 2. The summed E-state index contributed by atoms with van der Waals surface area (Å²) in [5.41, 5.74) is 3.17. The first-order valence-electron chi connectivity index (χ1n) is 12.0. The van der Waals surface area contributed by atoms with Crippen LogP contribution in [-0.2, 0) is 6.54 Å². The van der Waals surface area contributed by atoms with E-state index in [2.05, 4.69) is 9.80 Å². The van der Waals surface area contributed by atoms with E-state index in [0.29, 0.717) is 29.2 Å². The van der Waals surface area contributed by atoms with Crippen LogP contribution < -0.4 is 10.2 Å². The first-order chi connectivity index (χ1) is 15.8. The van der Waals surface area contributed by atoms with Crippen molar-refractivity contribution in [3.8, 4) is 16.9 Å². The van der Waals surface area contributed by atoms with Gasteiger partial charge in [0.1, 0.15) is 24.3 Å². The van der Waals surface area contributed by atoms with Crippen LogP contribution >= 0.6 is 0 Å². The summed E-state index contributed by atoms with van der Waals surface area (Å²) in [5, 5.41) is 0.631. The van der Waals surface area contributed by atoms with Crippen LogP contribution in [0.25, 0.3) is 22.1 Å².